The molecule has 1 heterocycles. The summed E-state index contributed by atoms with van der Waals surface area (Å²) in [6.45, 7) is 0.624. The van der Waals surface area contributed by atoms with E-state index in [1.807, 2.05) is 24.5 Å². The summed E-state index contributed by atoms with van der Waals surface area (Å²) in [5.74, 6) is 3.85. The Morgan fingerprint density at radius 1 is 1.56 bits per heavy atom. The Hall–Kier alpha value is -1.49. The number of nitrogens with zero attached hydrogens (tertiary/aromatic N) is 2. The lowest BCUT2D eigenvalue weighted by atomic mass is 10.1. The number of benzene rings is 1. The van der Waals surface area contributed by atoms with Crippen molar-refractivity contribution >= 4 is 33.6 Å². The molecule has 5 heteroatoms. The van der Waals surface area contributed by atoms with Crippen LogP contribution >= 0.6 is 0 Å². The van der Waals surface area contributed by atoms with Crippen LogP contribution in [0.1, 0.15) is 5.56 Å². The van der Waals surface area contributed by atoms with Gasteiger partial charge in [0.05, 0.1) is 0 Å². The summed E-state index contributed by atoms with van der Waals surface area (Å²) < 4.78 is 4.40. The Morgan fingerprint density at radius 3 is 3.00 bits per heavy atom. The fourth-order valence-electron chi connectivity index (χ4n) is 1.61. The number of fused-ring (bicyclic) bond motifs is 1. The molecule has 86 valence electrons. The maximum atomic E-state index is 11.4. The van der Waals surface area contributed by atoms with E-state index in [2.05, 4.69) is 15.5 Å². The van der Waals surface area contributed by atoms with Gasteiger partial charge in [0, 0.05) is 25.0 Å². The smallest absolute Gasteiger partial charge is 0.321 e. The molecule has 0 unspecified atom stereocenters. The van der Waals surface area contributed by atoms with E-state index < -0.39 is 0 Å². The van der Waals surface area contributed by atoms with Crippen molar-refractivity contribution in [3.8, 4) is 0 Å². The number of hydrogen-bond donors (Lipinski definition) is 1. The second-order valence-corrected chi connectivity index (χ2v) is 5.20. The second kappa shape index (κ2) is 4.17. The largest absolute Gasteiger partial charge is 0.401 e. The van der Waals surface area contributed by atoms with Crippen LogP contribution in [0.4, 0.5) is 16.2 Å². The van der Waals surface area contributed by atoms with Gasteiger partial charge in [0.1, 0.15) is 0 Å². The fourth-order valence-corrected chi connectivity index (χ4v) is 2.08. The van der Waals surface area contributed by atoms with E-state index in [-0.39, 0.29) is 16.3 Å². The first-order chi connectivity index (χ1) is 7.56. The summed E-state index contributed by atoms with van der Waals surface area (Å²) in [4.78, 5) is 13.0. The molecular weight excluding hydrogens is 222 g/mol. The van der Waals surface area contributed by atoms with Crippen LogP contribution in [0.2, 0.25) is 0 Å². The maximum Gasteiger partial charge on any atom is 0.321 e. The number of anilines is 1. The summed E-state index contributed by atoms with van der Waals surface area (Å²) >= 11 is 0. The van der Waals surface area contributed by atoms with Crippen molar-refractivity contribution in [2.24, 2.45) is 4.36 Å². The summed E-state index contributed by atoms with van der Waals surface area (Å²) in [7, 11) is 1.56. The lowest BCUT2D eigenvalue weighted by Crippen LogP contribution is -2.35. The van der Waals surface area contributed by atoms with Crippen LogP contribution in [0.15, 0.2) is 22.6 Å². The van der Waals surface area contributed by atoms with Crippen LogP contribution in [-0.2, 0) is 16.8 Å². The molecule has 1 aliphatic rings. The summed E-state index contributed by atoms with van der Waals surface area (Å²) in [6.07, 6.45) is 1.97. The van der Waals surface area contributed by atoms with Gasteiger partial charge in [-0.2, -0.15) is 0 Å². The minimum Gasteiger partial charge on any atom is -0.401 e. The van der Waals surface area contributed by atoms with Gasteiger partial charge in [0.2, 0.25) is 0 Å². The maximum absolute atomic E-state index is 11.4. The van der Waals surface area contributed by atoms with E-state index in [1.165, 1.54) is 0 Å². The fraction of sp³-hybridized carbons (Fsp3) is 0.273. The van der Waals surface area contributed by atoms with Gasteiger partial charge >= 0.3 is 6.03 Å². The zero-order valence-electron chi connectivity index (χ0n) is 9.36. The molecule has 1 aliphatic heterocycles. The molecule has 4 nitrogen and oxygen atoms in total. The van der Waals surface area contributed by atoms with Crippen LogP contribution in [0, 0.1) is 0 Å². The van der Waals surface area contributed by atoms with Gasteiger partial charge in [0.15, 0.2) is 0 Å². The van der Waals surface area contributed by atoms with Gasteiger partial charge in [-0.05, 0) is 23.8 Å². The first-order valence-electron chi connectivity index (χ1n) is 4.89. The van der Waals surface area contributed by atoms with Crippen molar-refractivity contribution in [3.05, 3.63) is 23.8 Å². The molecule has 0 aliphatic carbocycles. The minimum absolute atomic E-state index is 0.0652. The van der Waals surface area contributed by atoms with E-state index in [4.69, 9.17) is 0 Å². The van der Waals surface area contributed by atoms with Crippen molar-refractivity contribution in [1.29, 1.82) is 0 Å². The third-order valence-electron chi connectivity index (χ3n) is 2.35. The zero-order chi connectivity index (χ0) is 11.7. The quantitative estimate of drug-likeness (QED) is 0.589. The highest BCUT2D eigenvalue weighted by Gasteiger charge is 2.18. The second-order valence-electron chi connectivity index (χ2n) is 3.82. The number of hydrogen-bond acceptors (Lipinski definition) is 3. The molecule has 0 bridgehead atoms. The van der Waals surface area contributed by atoms with Gasteiger partial charge < -0.3 is 24.9 Å². The van der Waals surface area contributed by atoms with Gasteiger partial charge in [-0.3, -0.25) is 0 Å². The van der Waals surface area contributed by atoms with Crippen LogP contribution in [-0.4, -0.2) is 30.1 Å². The molecule has 0 saturated carbocycles. The molecule has 1 aromatic rings. The molecule has 0 atom stereocenters. The predicted octanol–water partition coefficient (Wildman–Crippen LogP) is 2.16. The molecule has 0 saturated heterocycles. The zero-order valence-corrected chi connectivity index (χ0v) is 10.2. The molecule has 1 N–H and O–H groups in total. The Labute approximate surface area is 97.0 Å². The van der Waals surface area contributed by atoms with E-state index in [0.29, 0.717) is 6.54 Å². The van der Waals surface area contributed by atoms with Crippen LogP contribution in [0.25, 0.3) is 0 Å². The molecule has 0 fully saturated rings. The Morgan fingerprint density at radius 2 is 2.31 bits per heavy atom. The van der Waals surface area contributed by atoms with Crippen LogP contribution < -0.4 is 5.32 Å². The van der Waals surface area contributed by atoms with Crippen molar-refractivity contribution in [2.45, 2.75) is 6.54 Å². The van der Waals surface area contributed by atoms with Crippen molar-refractivity contribution in [3.63, 3.8) is 0 Å². The number of nitrogens with one attached hydrogen (secondary N) is 1. The Balaban J connectivity index is 2.40. The van der Waals surface area contributed by atoms with E-state index in [0.717, 1.165) is 16.9 Å². The van der Waals surface area contributed by atoms with Crippen molar-refractivity contribution in [2.75, 3.05) is 18.6 Å². The Bertz CT molecular complexity index is 518. The standard InChI is InChI=1S/C11H14N3OS/c1-14-7-8-6-9(13-16(2)3)4-5-10(8)12-11(14)15/h4-6H,2,7H2,1,3H3,(H,12,15)/q-1. The van der Waals surface area contributed by atoms with Gasteiger partial charge in [-0.1, -0.05) is 0 Å². The molecule has 0 radical (unpaired) electrons. The first-order valence-corrected chi connectivity index (χ1v) is 6.64. The molecule has 0 aromatic heterocycles. The summed E-state index contributed by atoms with van der Waals surface area (Å²) in [5.41, 5.74) is 2.89. The third-order valence-corrected chi connectivity index (χ3v) is 2.87. The number of amides is 2. The number of rotatable bonds is 1. The molecule has 16 heavy (non-hydrogen) atoms. The van der Waals surface area contributed by atoms with Crippen molar-refractivity contribution in [1.82, 2.24) is 4.90 Å². The average Bonchev–Trinajstić information content (AvgIpc) is 2.19. The topological polar surface area (TPSA) is 44.7 Å². The van der Waals surface area contributed by atoms with Crippen molar-refractivity contribution < 1.29 is 4.79 Å². The van der Waals surface area contributed by atoms with Gasteiger partial charge in [-0.25, -0.2) is 10.7 Å². The highest BCUT2D eigenvalue weighted by atomic mass is 32.2. The van der Waals surface area contributed by atoms with Gasteiger partial charge in [-0.15, -0.1) is 6.26 Å². The number of urea groups is 1. The number of carbonyl (C=O) groups excluding carboxylic acids is 1. The first kappa shape index (κ1) is 11.0. The van der Waals surface area contributed by atoms with E-state index in [1.54, 1.807) is 11.9 Å². The summed E-state index contributed by atoms with van der Waals surface area (Å²) in [5, 5.41) is 2.82. The molecule has 2 rings (SSSR count). The lowest BCUT2D eigenvalue weighted by molar-refractivity contribution is 0.218. The SMILES string of the molecule is C=[S-](C)=Nc1ccc2c(c1)CN(C)C(=O)N2. The van der Waals surface area contributed by atoms with Gasteiger partial charge in [0.25, 0.3) is 0 Å². The summed E-state index contributed by atoms with van der Waals surface area (Å²) in [6, 6.07) is 5.73. The molecule has 0 spiro atoms. The number of carbonyl (C=O) groups is 1. The minimum atomic E-state index is -0.209. The average molecular weight is 236 g/mol. The Kier molecular flexibility index (Phi) is 2.87. The highest BCUT2D eigenvalue weighted by molar-refractivity contribution is 7.84. The van der Waals surface area contributed by atoms with Crippen LogP contribution in [0.5, 0.6) is 0 Å². The monoisotopic (exact) mass is 236 g/mol. The molecule has 2 amide bonds. The van der Waals surface area contributed by atoms with Crippen LogP contribution in [0.3, 0.4) is 0 Å². The lowest BCUT2D eigenvalue weighted by Gasteiger charge is -2.26. The highest BCUT2D eigenvalue weighted by Crippen LogP contribution is 2.26. The van der Waals surface area contributed by atoms with E-state index in [9.17, 15) is 4.79 Å². The van der Waals surface area contributed by atoms with E-state index >= 15 is 0 Å². The molecular formula is C11H14N3OS-. The third kappa shape index (κ3) is 2.19. The predicted molar refractivity (Wildman–Crippen MR) is 69.4 cm³/mol. The molecule has 1 aromatic carbocycles. The normalized spacial score (nSPS) is 16.9.